The van der Waals surface area contributed by atoms with Gasteiger partial charge in [0.05, 0.1) is 16.4 Å². The minimum atomic E-state index is -0.772. The van der Waals surface area contributed by atoms with Crippen molar-refractivity contribution in [1.82, 2.24) is 14.8 Å². The molecule has 0 bridgehead atoms. The Bertz CT molecular complexity index is 1250. The number of hydrogen-bond donors (Lipinski definition) is 1. The van der Waals surface area contributed by atoms with Crippen LogP contribution in [0.15, 0.2) is 76.9 Å². The number of anilines is 1. The molecular weight excluding hydrogens is 396 g/mol. The summed E-state index contributed by atoms with van der Waals surface area (Å²) < 4.78 is 1.21. The standard InChI is InChI=1S/C23H20N4O2S/c1-15(27-22(28)12-11-20(26-27)17-7-4-3-5-8-17)23(29)25-19-10-6-9-18(13-19)21-14-30-16(2)24-21/h3-15H,1-2H3,(H,25,29). The molecule has 0 saturated carbocycles. The third-order valence-electron chi connectivity index (χ3n) is 4.69. The summed E-state index contributed by atoms with van der Waals surface area (Å²) in [5.74, 6) is -0.318. The van der Waals surface area contributed by atoms with Crippen LogP contribution in [0.3, 0.4) is 0 Å². The van der Waals surface area contributed by atoms with Crippen molar-refractivity contribution < 1.29 is 4.79 Å². The summed E-state index contributed by atoms with van der Waals surface area (Å²) >= 11 is 1.58. The molecular formula is C23H20N4O2S. The van der Waals surface area contributed by atoms with Crippen LogP contribution >= 0.6 is 11.3 Å². The van der Waals surface area contributed by atoms with Crippen LogP contribution in [0.2, 0.25) is 0 Å². The minimum Gasteiger partial charge on any atom is -0.324 e. The molecule has 4 aromatic rings. The van der Waals surface area contributed by atoms with Crippen LogP contribution in [-0.2, 0) is 4.79 Å². The fourth-order valence-corrected chi connectivity index (χ4v) is 3.70. The molecule has 1 amide bonds. The topological polar surface area (TPSA) is 76.9 Å². The van der Waals surface area contributed by atoms with Crippen LogP contribution < -0.4 is 10.9 Å². The Morgan fingerprint density at radius 1 is 1.00 bits per heavy atom. The lowest BCUT2D eigenvalue weighted by atomic mass is 10.1. The number of nitrogens with zero attached hydrogens (tertiary/aromatic N) is 3. The predicted molar refractivity (Wildman–Crippen MR) is 120 cm³/mol. The van der Waals surface area contributed by atoms with E-state index < -0.39 is 6.04 Å². The number of nitrogens with one attached hydrogen (secondary N) is 1. The van der Waals surface area contributed by atoms with Crippen LogP contribution in [0.5, 0.6) is 0 Å². The molecule has 0 fully saturated rings. The van der Waals surface area contributed by atoms with Crippen molar-refractivity contribution >= 4 is 22.9 Å². The van der Waals surface area contributed by atoms with E-state index in [0.29, 0.717) is 11.4 Å². The first-order chi connectivity index (χ1) is 14.5. The zero-order valence-corrected chi connectivity index (χ0v) is 17.4. The lowest BCUT2D eigenvalue weighted by Crippen LogP contribution is -2.33. The highest BCUT2D eigenvalue weighted by Gasteiger charge is 2.18. The van der Waals surface area contributed by atoms with Gasteiger partial charge in [0.1, 0.15) is 6.04 Å². The molecule has 150 valence electrons. The Balaban J connectivity index is 1.57. The number of benzene rings is 2. The van der Waals surface area contributed by atoms with Crippen molar-refractivity contribution in [3.8, 4) is 22.5 Å². The van der Waals surface area contributed by atoms with E-state index in [9.17, 15) is 9.59 Å². The van der Waals surface area contributed by atoms with E-state index in [2.05, 4.69) is 15.4 Å². The Labute approximate surface area is 177 Å². The summed E-state index contributed by atoms with van der Waals surface area (Å²) in [5, 5.41) is 10.3. The van der Waals surface area contributed by atoms with Gasteiger partial charge in [-0.05, 0) is 32.0 Å². The van der Waals surface area contributed by atoms with E-state index >= 15 is 0 Å². The SMILES string of the molecule is Cc1nc(-c2cccc(NC(=O)C(C)n3nc(-c4ccccc4)ccc3=O)c2)cs1. The average molecular weight is 417 g/mol. The first-order valence-electron chi connectivity index (χ1n) is 9.50. The number of carbonyl (C=O) groups is 1. The number of hydrogen-bond acceptors (Lipinski definition) is 5. The highest BCUT2D eigenvalue weighted by molar-refractivity contribution is 7.09. The second kappa shape index (κ2) is 8.42. The summed E-state index contributed by atoms with van der Waals surface area (Å²) in [5.41, 5.74) is 3.62. The summed E-state index contributed by atoms with van der Waals surface area (Å²) in [6.07, 6.45) is 0. The predicted octanol–water partition coefficient (Wildman–Crippen LogP) is 4.54. The molecule has 0 saturated heterocycles. The number of carbonyl (C=O) groups excluding carboxylic acids is 1. The number of aryl methyl sites for hydroxylation is 1. The van der Waals surface area contributed by atoms with Crippen molar-refractivity contribution in [1.29, 1.82) is 0 Å². The Morgan fingerprint density at radius 2 is 1.77 bits per heavy atom. The van der Waals surface area contributed by atoms with Crippen LogP contribution in [0.25, 0.3) is 22.5 Å². The van der Waals surface area contributed by atoms with Crippen molar-refractivity contribution in [2.75, 3.05) is 5.32 Å². The lowest BCUT2D eigenvalue weighted by Gasteiger charge is -2.15. The van der Waals surface area contributed by atoms with Crippen molar-refractivity contribution in [3.63, 3.8) is 0 Å². The molecule has 0 aliphatic rings. The van der Waals surface area contributed by atoms with Crippen molar-refractivity contribution in [3.05, 3.63) is 87.5 Å². The van der Waals surface area contributed by atoms with E-state index in [1.54, 1.807) is 24.3 Å². The molecule has 7 heteroatoms. The number of rotatable bonds is 5. The highest BCUT2D eigenvalue weighted by atomic mass is 32.1. The molecule has 2 aromatic heterocycles. The molecule has 0 aliphatic carbocycles. The second-order valence-electron chi connectivity index (χ2n) is 6.87. The maximum absolute atomic E-state index is 12.8. The second-order valence-corrected chi connectivity index (χ2v) is 7.93. The van der Waals surface area contributed by atoms with Crippen molar-refractivity contribution in [2.24, 2.45) is 0 Å². The summed E-state index contributed by atoms with van der Waals surface area (Å²) in [6, 6.07) is 19.4. The summed E-state index contributed by atoms with van der Waals surface area (Å²) in [4.78, 5) is 29.7. The zero-order chi connectivity index (χ0) is 21.1. The summed E-state index contributed by atoms with van der Waals surface area (Å²) in [6.45, 7) is 3.61. The molecule has 30 heavy (non-hydrogen) atoms. The van der Waals surface area contributed by atoms with E-state index in [0.717, 1.165) is 21.8 Å². The van der Waals surface area contributed by atoms with E-state index in [4.69, 9.17) is 0 Å². The fourth-order valence-electron chi connectivity index (χ4n) is 3.08. The third kappa shape index (κ3) is 4.21. The van der Waals surface area contributed by atoms with Gasteiger partial charge < -0.3 is 5.32 Å². The quantitative estimate of drug-likeness (QED) is 0.518. The molecule has 0 aliphatic heterocycles. The number of amides is 1. The fraction of sp³-hybridized carbons (Fsp3) is 0.130. The van der Waals surface area contributed by atoms with Gasteiger partial charge >= 0.3 is 0 Å². The van der Waals surface area contributed by atoms with Gasteiger partial charge in [-0.1, -0.05) is 42.5 Å². The van der Waals surface area contributed by atoms with Crippen molar-refractivity contribution in [2.45, 2.75) is 19.9 Å². The minimum absolute atomic E-state index is 0.318. The van der Waals surface area contributed by atoms with Crippen LogP contribution in [0, 0.1) is 6.92 Å². The van der Waals surface area contributed by atoms with Gasteiger partial charge in [0, 0.05) is 28.3 Å². The monoisotopic (exact) mass is 416 g/mol. The normalized spacial score (nSPS) is 11.8. The molecule has 0 spiro atoms. The molecule has 1 unspecified atom stereocenters. The van der Waals surface area contributed by atoms with Crippen LogP contribution in [0.1, 0.15) is 18.0 Å². The van der Waals surface area contributed by atoms with E-state index in [1.807, 2.05) is 66.9 Å². The smallest absolute Gasteiger partial charge is 0.267 e. The molecule has 2 aromatic carbocycles. The number of aromatic nitrogens is 3. The molecule has 1 N–H and O–H groups in total. The molecule has 6 nitrogen and oxygen atoms in total. The molecule has 0 radical (unpaired) electrons. The molecule has 2 heterocycles. The van der Waals surface area contributed by atoms with E-state index in [-0.39, 0.29) is 11.5 Å². The van der Waals surface area contributed by atoms with Crippen LogP contribution in [0.4, 0.5) is 5.69 Å². The molecule has 4 rings (SSSR count). The van der Waals surface area contributed by atoms with Gasteiger partial charge in [-0.2, -0.15) is 5.10 Å². The average Bonchev–Trinajstić information content (AvgIpc) is 3.21. The molecule has 1 atom stereocenters. The zero-order valence-electron chi connectivity index (χ0n) is 16.6. The Kier molecular flexibility index (Phi) is 5.54. The van der Waals surface area contributed by atoms with Gasteiger partial charge in [0.25, 0.3) is 5.56 Å². The Morgan fingerprint density at radius 3 is 2.50 bits per heavy atom. The van der Waals surface area contributed by atoms with Crippen LogP contribution in [-0.4, -0.2) is 20.7 Å². The van der Waals surface area contributed by atoms with Gasteiger partial charge in [0.2, 0.25) is 5.91 Å². The maximum atomic E-state index is 12.8. The lowest BCUT2D eigenvalue weighted by molar-refractivity contribution is -0.119. The largest absolute Gasteiger partial charge is 0.324 e. The third-order valence-corrected chi connectivity index (χ3v) is 5.46. The first-order valence-corrected chi connectivity index (χ1v) is 10.4. The number of thiazole rings is 1. The first kappa shape index (κ1) is 19.7. The highest BCUT2D eigenvalue weighted by Crippen LogP contribution is 2.24. The Hall–Kier alpha value is -3.58. The van der Waals surface area contributed by atoms with Gasteiger partial charge in [-0.25, -0.2) is 9.67 Å². The van der Waals surface area contributed by atoms with Gasteiger partial charge in [-0.3, -0.25) is 9.59 Å². The maximum Gasteiger partial charge on any atom is 0.267 e. The summed E-state index contributed by atoms with van der Waals surface area (Å²) in [7, 11) is 0. The van der Waals surface area contributed by atoms with E-state index in [1.165, 1.54) is 10.7 Å². The van der Waals surface area contributed by atoms with Gasteiger partial charge in [0.15, 0.2) is 0 Å². The van der Waals surface area contributed by atoms with Gasteiger partial charge in [-0.15, -0.1) is 11.3 Å².